The maximum Gasteiger partial charge on any atom is 0.295 e. The predicted octanol–water partition coefficient (Wildman–Crippen LogP) is 3.81. The number of likely N-dealkylation sites (tertiary alicyclic amines) is 1. The SMILES string of the molecule is COCCN1C(=O)C(=O)C(=C(O)c2ccc(OCC(C)C)cc2)C1c1cc(OC)ccc1OC. The van der Waals surface area contributed by atoms with Gasteiger partial charge in [-0.3, -0.25) is 9.59 Å². The van der Waals surface area contributed by atoms with Crippen molar-refractivity contribution in [3.8, 4) is 17.2 Å². The molecule has 8 nitrogen and oxygen atoms in total. The van der Waals surface area contributed by atoms with Crippen molar-refractivity contribution in [3.63, 3.8) is 0 Å². The number of aliphatic hydroxyl groups is 1. The van der Waals surface area contributed by atoms with E-state index in [2.05, 4.69) is 13.8 Å². The fourth-order valence-corrected chi connectivity index (χ4v) is 3.80. The lowest BCUT2D eigenvalue weighted by Gasteiger charge is -2.26. The van der Waals surface area contributed by atoms with Crippen LogP contribution in [0.25, 0.3) is 5.76 Å². The summed E-state index contributed by atoms with van der Waals surface area (Å²) in [5.74, 6) is 0.238. The van der Waals surface area contributed by atoms with E-state index in [-0.39, 0.29) is 24.5 Å². The molecule has 1 amide bonds. The quantitative estimate of drug-likeness (QED) is 0.321. The third kappa shape index (κ3) is 5.17. The molecule has 1 fully saturated rings. The number of carbonyl (C=O) groups is 2. The van der Waals surface area contributed by atoms with Gasteiger partial charge in [0.05, 0.1) is 39.0 Å². The number of rotatable bonds is 10. The summed E-state index contributed by atoms with van der Waals surface area (Å²) < 4.78 is 21.7. The highest BCUT2D eigenvalue weighted by atomic mass is 16.5. The van der Waals surface area contributed by atoms with E-state index in [0.29, 0.717) is 40.9 Å². The number of carbonyl (C=O) groups excluding carboxylic acids is 2. The van der Waals surface area contributed by atoms with E-state index in [4.69, 9.17) is 18.9 Å². The zero-order chi connectivity index (χ0) is 24.8. The van der Waals surface area contributed by atoms with Gasteiger partial charge in [0.25, 0.3) is 11.7 Å². The van der Waals surface area contributed by atoms with E-state index in [1.54, 1.807) is 42.5 Å². The first-order valence-corrected chi connectivity index (χ1v) is 11.0. The van der Waals surface area contributed by atoms with E-state index in [0.717, 1.165) is 0 Å². The summed E-state index contributed by atoms with van der Waals surface area (Å²) in [4.78, 5) is 27.5. The molecule has 182 valence electrons. The molecule has 1 aliphatic rings. The van der Waals surface area contributed by atoms with Crippen LogP contribution in [0, 0.1) is 5.92 Å². The number of amides is 1. The summed E-state index contributed by atoms with van der Waals surface area (Å²) >= 11 is 0. The Balaban J connectivity index is 2.12. The minimum absolute atomic E-state index is 0.0245. The van der Waals surface area contributed by atoms with Gasteiger partial charge >= 0.3 is 0 Å². The first-order valence-electron chi connectivity index (χ1n) is 11.0. The van der Waals surface area contributed by atoms with Crippen LogP contribution in [0.1, 0.15) is 31.0 Å². The molecule has 34 heavy (non-hydrogen) atoms. The van der Waals surface area contributed by atoms with Gasteiger partial charge in [-0.05, 0) is 48.4 Å². The Morgan fingerprint density at radius 1 is 1.00 bits per heavy atom. The first-order chi connectivity index (χ1) is 16.3. The minimum Gasteiger partial charge on any atom is -0.507 e. The van der Waals surface area contributed by atoms with Crippen molar-refractivity contribution in [2.24, 2.45) is 5.92 Å². The van der Waals surface area contributed by atoms with Crippen molar-refractivity contribution in [2.75, 3.05) is 41.1 Å². The first kappa shape index (κ1) is 25.1. The van der Waals surface area contributed by atoms with Crippen LogP contribution in [0.4, 0.5) is 0 Å². The predicted molar refractivity (Wildman–Crippen MR) is 127 cm³/mol. The van der Waals surface area contributed by atoms with Crippen LogP contribution in [0.15, 0.2) is 48.0 Å². The van der Waals surface area contributed by atoms with Crippen LogP contribution in [0.3, 0.4) is 0 Å². The topological polar surface area (TPSA) is 94.5 Å². The highest BCUT2D eigenvalue weighted by Crippen LogP contribution is 2.43. The van der Waals surface area contributed by atoms with E-state index in [9.17, 15) is 14.7 Å². The number of benzene rings is 2. The molecule has 0 bridgehead atoms. The van der Waals surface area contributed by atoms with E-state index >= 15 is 0 Å². The molecule has 1 unspecified atom stereocenters. The molecular weight excluding hydrogens is 438 g/mol. The van der Waals surface area contributed by atoms with E-state index < -0.39 is 17.7 Å². The Hall–Kier alpha value is -3.52. The van der Waals surface area contributed by atoms with Gasteiger partial charge in [0.15, 0.2) is 0 Å². The van der Waals surface area contributed by atoms with Gasteiger partial charge < -0.3 is 29.0 Å². The number of ketones is 1. The number of aliphatic hydroxyl groups excluding tert-OH is 1. The van der Waals surface area contributed by atoms with Gasteiger partial charge in [-0.1, -0.05) is 13.8 Å². The molecule has 2 aromatic rings. The van der Waals surface area contributed by atoms with Crippen molar-refractivity contribution in [1.29, 1.82) is 0 Å². The summed E-state index contributed by atoms with van der Waals surface area (Å²) in [6.45, 7) is 5.04. The third-order valence-electron chi connectivity index (χ3n) is 5.52. The number of Topliss-reactive ketones (excluding diaryl/α,β-unsaturated/α-hetero) is 1. The van der Waals surface area contributed by atoms with Gasteiger partial charge in [0, 0.05) is 24.8 Å². The maximum absolute atomic E-state index is 13.1. The fourth-order valence-electron chi connectivity index (χ4n) is 3.80. The Labute approximate surface area is 199 Å². The van der Waals surface area contributed by atoms with Crippen LogP contribution < -0.4 is 14.2 Å². The van der Waals surface area contributed by atoms with Crippen molar-refractivity contribution in [1.82, 2.24) is 4.90 Å². The third-order valence-corrected chi connectivity index (χ3v) is 5.52. The summed E-state index contributed by atoms with van der Waals surface area (Å²) in [6.07, 6.45) is 0. The smallest absolute Gasteiger partial charge is 0.295 e. The average molecular weight is 470 g/mol. The van der Waals surface area contributed by atoms with Crippen molar-refractivity contribution in [3.05, 3.63) is 59.2 Å². The van der Waals surface area contributed by atoms with Gasteiger partial charge in [-0.2, -0.15) is 0 Å². The molecule has 0 aromatic heterocycles. The van der Waals surface area contributed by atoms with Crippen molar-refractivity contribution in [2.45, 2.75) is 19.9 Å². The Morgan fingerprint density at radius 2 is 1.68 bits per heavy atom. The Morgan fingerprint density at radius 3 is 2.26 bits per heavy atom. The summed E-state index contributed by atoms with van der Waals surface area (Å²) in [5.41, 5.74) is 0.896. The maximum atomic E-state index is 13.1. The number of methoxy groups -OCH3 is 3. The molecular formula is C26H31NO7. The van der Waals surface area contributed by atoms with Crippen molar-refractivity contribution < 1.29 is 33.6 Å². The lowest BCUT2D eigenvalue weighted by molar-refractivity contribution is -0.140. The monoisotopic (exact) mass is 469 g/mol. The van der Waals surface area contributed by atoms with Gasteiger partial charge in [-0.15, -0.1) is 0 Å². The number of nitrogens with zero attached hydrogens (tertiary/aromatic N) is 1. The van der Waals surface area contributed by atoms with Gasteiger partial charge in [-0.25, -0.2) is 0 Å². The molecule has 1 atom stereocenters. The number of ether oxygens (including phenoxy) is 4. The average Bonchev–Trinajstić information content (AvgIpc) is 3.10. The summed E-state index contributed by atoms with van der Waals surface area (Å²) in [5, 5.41) is 11.2. The van der Waals surface area contributed by atoms with Gasteiger partial charge in [0.2, 0.25) is 0 Å². The largest absolute Gasteiger partial charge is 0.507 e. The molecule has 0 saturated carbocycles. The zero-order valence-electron chi connectivity index (χ0n) is 20.2. The summed E-state index contributed by atoms with van der Waals surface area (Å²) in [7, 11) is 4.54. The Bertz CT molecular complexity index is 1060. The fraction of sp³-hybridized carbons (Fsp3) is 0.385. The van der Waals surface area contributed by atoms with E-state index in [1.807, 2.05) is 0 Å². The lowest BCUT2D eigenvalue weighted by atomic mass is 9.94. The molecule has 2 aromatic carbocycles. The molecule has 3 rings (SSSR count). The molecule has 1 N–H and O–H groups in total. The number of hydrogen-bond donors (Lipinski definition) is 1. The highest BCUT2D eigenvalue weighted by molar-refractivity contribution is 6.46. The Kier molecular flexibility index (Phi) is 8.17. The molecule has 8 heteroatoms. The minimum atomic E-state index is -0.878. The molecule has 1 saturated heterocycles. The zero-order valence-corrected chi connectivity index (χ0v) is 20.2. The van der Waals surface area contributed by atoms with Crippen molar-refractivity contribution >= 4 is 17.4 Å². The molecule has 1 aliphatic heterocycles. The molecule has 0 radical (unpaired) electrons. The second-order valence-electron chi connectivity index (χ2n) is 8.32. The molecule has 0 spiro atoms. The van der Waals surface area contributed by atoms with Crippen LogP contribution in [-0.2, 0) is 14.3 Å². The van der Waals surface area contributed by atoms with E-state index in [1.165, 1.54) is 26.2 Å². The van der Waals surface area contributed by atoms with Crippen LogP contribution in [0.5, 0.6) is 17.2 Å². The highest BCUT2D eigenvalue weighted by Gasteiger charge is 2.47. The van der Waals surface area contributed by atoms with Crippen LogP contribution >= 0.6 is 0 Å². The molecule has 0 aliphatic carbocycles. The summed E-state index contributed by atoms with van der Waals surface area (Å²) in [6, 6.07) is 11.0. The second kappa shape index (κ2) is 11.1. The molecule has 1 heterocycles. The normalized spacial score (nSPS) is 17.4. The van der Waals surface area contributed by atoms with Crippen LogP contribution in [-0.4, -0.2) is 62.8 Å². The standard InChI is InChI=1S/C26H31NO7/c1-16(2)15-34-18-8-6-17(7-9-18)24(28)22-23(27(12-13-31-3)26(30)25(22)29)20-14-19(32-4)10-11-21(20)33-5/h6-11,14,16,23,28H,12-13,15H2,1-5H3. The van der Waals surface area contributed by atoms with Crippen LogP contribution in [0.2, 0.25) is 0 Å². The van der Waals surface area contributed by atoms with Gasteiger partial charge in [0.1, 0.15) is 23.0 Å². The number of hydrogen-bond acceptors (Lipinski definition) is 7. The second-order valence-corrected chi connectivity index (χ2v) is 8.32. The lowest BCUT2D eigenvalue weighted by Crippen LogP contribution is -2.32.